The highest BCUT2D eigenvalue weighted by Crippen LogP contribution is 2.15. The first-order valence-corrected chi connectivity index (χ1v) is 11.2. The van der Waals surface area contributed by atoms with Gasteiger partial charge in [-0.3, -0.25) is 14.4 Å². The van der Waals surface area contributed by atoms with Crippen molar-refractivity contribution in [3.05, 3.63) is 95.8 Å². The SMILES string of the molecule is COc1ccc(NC(=O)CNC(=O)CN(Cc2ccc(F)cc2)C(=O)CCc2ccccc2)cc1. The minimum atomic E-state index is -0.468. The second-order valence-electron chi connectivity index (χ2n) is 7.92. The van der Waals surface area contributed by atoms with Gasteiger partial charge in [-0.1, -0.05) is 42.5 Å². The van der Waals surface area contributed by atoms with Gasteiger partial charge in [0, 0.05) is 18.7 Å². The lowest BCUT2D eigenvalue weighted by atomic mass is 10.1. The molecule has 2 N–H and O–H groups in total. The molecule has 0 bridgehead atoms. The molecule has 0 saturated heterocycles. The first kappa shape index (κ1) is 25.4. The quantitative estimate of drug-likeness (QED) is 0.442. The van der Waals surface area contributed by atoms with E-state index < -0.39 is 11.8 Å². The molecule has 35 heavy (non-hydrogen) atoms. The normalized spacial score (nSPS) is 10.3. The fourth-order valence-electron chi connectivity index (χ4n) is 3.38. The minimum absolute atomic E-state index is 0.152. The van der Waals surface area contributed by atoms with E-state index in [0.29, 0.717) is 23.4 Å². The first-order valence-electron chi connectivity index (χ1n) is 11.2. The molecular formula is C27H28FN3O4. The summed E-state index contributed by atoms with van der Waals surface area (Å²) in [4.78, 5) is 39.1. The average Bonchev–Trinajstić information content (AvgIpc) is 2.88. The Hall–Kier alpha value is -4.20. The highest BCUT2D eigenvalue weighted by Gasteiger charge is 2.18. The van der Waals surface area contributed by atoms with Crippen molar-refractivity contribution in [3.8, 4) is 5.75 Å². The lowest BCUT2D eigenvalue weighted by Crippen LogP contribution is -2.42. The number of anilines is 1. The van der Waals surface area contributed by atoms with Crippen LogP contribution in [0.5, 0.6) is 5.75 Å². The van der Waals surface area contributed by atoms with E-state index >= 15 is 0 Å². The van der Waals surface area contributed by atoms with Crippen LogP contribution in [0.15, 0.2) is 78.9 Å². The molecule has 0 heterocycles. The number of halogens is 1. The van der Waals surface area contributed by atoms with Crippen molar-refractivity contribution in [1.82, 2.24) is 10.2 Å². The number of ether oxygens (including phenoxy) is 1. The van der Waals surface area contributed by atoms with Crippen LogP contribution in [0.1, 0.15) is 17.5 Å². The number of hydrogen-bond acceptors (Lipinski definition) is 4. The van der Waals surface area contributed by atoms with Crippen molar-refractivity contribution in [2.24, 2.45) is 0 Å². The Bertz CT molecular complexity index is 1120. The van der Waals surface area contributed by atoms with Crippen LogP contribution in [0.4, 0.5) is 10.1 Å². The zero-order chi connectivity index (χ0) is 25.0. The monoisotopic (exact) mass is 477 g/mol. The number of methoxy groups -OCH3 is 1. The van der Waals surface area contributed by atoms with Gasteiger partial charge in [-0.15, -0.1) is 0 Å². The van der Waals surface area contributed by atoms with E-state index in [2.05, 4.69) is 10.6 Å². The summed E-state index contributed by atoms with van der Waals surface area (Å²) in [5.41, 5.74) is 2.28. The Morgan fingerprint density at radius 3 is 2.20 bits per heavy atom. The van der Waals surface area contributed by atoms with Gasteiger partial charge in [0.15, 0.2) is 0 Å². The summed E-state index contributed by atoms with van der Waals surface area (Å²) in [5.74, 6) is -0.795. The molecular weight excluding hydrogens is 449 g/mol. The van der Waals surface area contributed by atoms with Crippen molar-refractivity contribution in [3.63, 3.8) is 0 Å². The molecule has 0 aliphatic carbocycles. The van der Waals surface area contributed by atoms with Gasteiger partial charge in [0.25, 0.3) is 0 Å². The number of aryl methyl sites for hydroxylation is 1. The number of benzene rings is 3. The van der Waals surface area contributed by atoms with E-state index in [4.69, 9.17) is 4.74 Å². The molecule has 0 spiro atoms. The van der Waals surface area contributed by atoms with Gasteiger partial charge in [0.1, 0.15) is 11.6 Å². The maximum atomic E-state index is 13.3. The highest BCUT2D eigenvalue weighted by molar-refractivity contribution is 5.95. The van der Waals surface area contributed by atoms with Crippen LogP contribution in [0.3, 0.4) is 0 Å². The van der Waals surface area contributed by atoms with E-state index in [1.165, 1.54) is 17.0 Å². The van der Waals surface area contributed by atoms with E-state index in [1.54, 1.807) is 43.5 Å². The number of hydrogen-bond donors (Lipinski definition) is 2. The van der Waals surface area contributed by atoms with E-state index in [9.17, 15) is 18.8 Å². The zero-order valence-electron chi connectivity index (χ0n) is 19.5. The molecule has 3 amide bonds. The third-order valence-corrected chi connectivity index (χ3v) is 5.26. The molecule has 7 nitrogen and oxygen atoms in total. The van der Waals surface area contributed by atoms with Crippen LogP contribution in [-0.2, 0) is 27.3 Å². The topological polar surface area (TPSA) is 87.7 Å². The molecule has 0 unspecified atom stereocenters. The summed E-state index contributed by atoms with van der Waals surface area (Å²) in [6, 6.07) is 22.2. The molecule has 0 radical (unpaired) electrons. The summed E-state index contributed by atoms with van der Waals surface area (Å²) in [6.45, 7) is -0.312. The van der Waals surface area contributed by atoms with E-state index in [-0.39, 0.29) is 37.8 Å². The molecule has 3 rings (SSSR count). The molecule has 182 valence electrons. The summed E-state index contributed by atoms with van der Waals surface area (Å²) >= 11 is 0. The van der Waals surface area contributed by atoms with E-state index in [0.717, 1.165) is 5.56 Å². The van der Waals surface area contributed by atoms with Gasteiger partial charge in [0.2, 0.25) is 17.7 Å². The molecule has 0 saturated carbocycles. The Balaban J connectivity index is 1.56. The second kappa shape index (κ2) is 12.9. The van der Waals surface area contributed by atoms with Gasteiger partial charge < -0.3 is 20.3 Å². The van der Waals surface area contributed by atoms with Crippen LogP contribution in [0.2, 0.25) is 0 Å². The lowest BCUT2D eigenvalue weighted by Gasteiger charge is -2.22. The van der Waals surface area contributed by atoms with Crippen LogP contribution < -0.4 is 15.4 Å². The standard InChI is InChI=1S/C27H28FN3O4/c1-35-24-14-12-23(13-15-24)30-25(32)17-29-26(33)19-31(18-21-7-10-22(28)11-8-21)27(34)16-9-20-5-3-2-4-6-20/h2-8,10-15H,9,16-19H2,1H3,(H,29,33)(H,30,32). The number of nitrogens with zero attached hydrogens (tertiary/aromatic N) is 1. The molecule has 8 heteroatoms. The van der Waals surface area contributed by atoms with Crippen molar-refractivity contribution < 1.29 is 23.5 Å². The molecule has 0 aliphatic rings. The van der Waals surface area contributed by atoms with Crippen molar-refractivity contribution >= 4 is 23.4 Å². The predicted octanol–water partition coefficient (Wildman–Crippen LogP) is 3.55. The molecule has 0 fully saturated rings. The predicted molar refractivity (Wildman–Crippen MR) is 131 cm³/mol. The smallest absolute Gasteiger partial charge is 0.243 e. The Morgan fingerprint density at radius 2 is 1.54 bits per heavy atom. The fraction of sp³-hybridized carbons (Fsp3) is 0.222. The lowest BCUT2D eigenvalue weighted by molar-refractivity contribution is -0.136. The van der Waals surface area contributed by atoms with Crippen molar-refractivity contribution in [1.29, 1.82) is 0 Å². The first-order chi connectivity index (χ1) is 16.9. The summed E-state index contributed by atoms with van der Waals surface area (Å²) in [5, 5.41) is 5.23. The maximum Gasteiger partial charge on any atom is 0.243 e. The Morgan fingerprint density at radius 1 is 0.857 bits per heavy atom. The van der Waals surface area contributed by atoms with Gasteiger partial charge >= 0.3 is 0 Å². The number of carbonyl (C=O) groups is 3. The molecule has 0 aromatic heterocycles. The van der Waals surface area contributed by atoms with Gasteiger partial charge in [0.05, 0.1) is 20.2 Å². The summed E-state index contributed by atoms with van der Waals surface area (Å²) in [6.07, 6.45) is 0.752. The summed E-state index contributed by atoms with van der Waals surface area (Å²) in [7, 11) is 1.55. The zero-order valence-corrected chi connectivity index (χ0v) is 19.5. The number of rotatable bonds is 11. The molecule has 0 aliphatic heterocycles. The second-order valence-corrected chi connectivity index (χ2v) is 7.92. The van der Waals surface area contributed by atoms with Gasteiger partial charge in [-0.25, -0.2) is 4.39 Å². The van der Waals surface area contributed by atoms with E-state index in [1.807, 2.05) is 30.3 Å². The Kier molecular flexibility index (Phi) is 9.36. The third-order valence-electron chi connectivity index (χ3n) is 5.26. The van der Waals surface area contributed by atoms with Gasteiger partial charge in [-0.2, -0.15) is 0 Å². The number of nitrogens with one attached hydrogen (secondary N) is 2. The third kappa shape index (κ3) is 8.58. The largest absolute Gasteiger partial charge is 0.497 e. The van der Waals surface area contributed by atoms with Crippen LogP contribution in [0, 0.1) is 5.82 Å². The van der Waals surface area contributed by atoms with Crippen molar-refractivity contribution in [2.75, 3.05) is 25.5 Å². The maximum absolute atomic E-state index is 13.3. The fourth-order valence-corrected chi connectivity index (χ4v) is 3.38. The van der Waals surface area contributed by atoms with Crippen LogP contribution >= 0.6 is 0 Å². The summed E-state index contributed by atoms with van der Waals surface area (Å²) < 4.78 is 18.4. The minimum Gasteiger partial charge on any atom is -0.497 e. The highest BCUT2D eigenvalue weighted by atomic mass is 19.1. The molecule has 3 aromatic carbocycles. The molecule has 0 atom stereocenters. The number of carbonyl (C=O) groups excluding carboxylic acids is 3. The van der Waals surface area contributed by atoms with Crippen LogP contribution in [0.25, 0.3) is 0 Å². The average molecular weight is 478 g/mol. The Labute approximate surface area is 203 Å². The van der Waals surface area contributed by atoms with Gasteiger partial charge in [-0.05, 0) is 53.9 Å². The van der Waals surface area contributed by atoms with Crippen molar-refractivity contribution in [2.45, 2.75) is 19.4 Å². The molecule has 3 aromatic rings. The van der Waals surface area contributed by atoms with Crippen LogP contribution in [-0.4, -0.2) is 42.8 Å². The number of amides is 3.